The van der Waals surface area contributed by atoms with Gasteiger partial charge in [-0.05, 0) is 55.8 Å². The van der Waals surface area contributed by atoms with E-state index in [1.165, 1.54) is 49.6 Å². The van der Waals surface area contributed by atoms with Crippen molar-refractivity contribution in [1.82, 2.24) is 5.32 Å². The SMILES string of the molecule is COc1ccc(/C=C/C(=O)O)cc1S(=O)(=O)Nc1cc(C(=O)NC(C)C)ccc1Cl. The summed E-state index contributed by atoms with van der Waals surface area (Å²) in [5.74, 6) is -1.49. The van der Waals surface area contributed by atoms with Crippen molar-refractivity contribution in [2.24, 2.45) is 0 Å². The summed E-state index contributed by atoms with van der Waals surface area (Å²) in [6.07, 6.45) is 2.14. The number of aliphatic carboxylic acids is 1. The Morgan fingerprint density at radius 1 is 1.17 bits per heavy atom. The summed E-state index contributed by atoms with van der Waals surface area (Å²) in [5.41, 5.74) is 0.590. The van der Waals surface area contributed by atoms with Crippen LogP contribution in [0.1, 0.15) is 29.8 Å². The van der Waals surface area contributed by atoms with Crippen LogP contribution in [0.2, 0.25) is 5.02 Å². The molecule has 0 spiro atoms. The number of halogens is 1. The van der Waals surface area contributed by atoms with Crippen LogP contribution in [0.4, 0.5) is 5.69 Å². The minimum Gasteiger partial charge on any atom is -0.495 e. The topological polar surface area (TPSA) is 122 Å². The smallest absolute Gasteiger partial charge is 0.328 e. The summed E-state index contributed by atoms with van der Waals surface area (Å²) in [5, 5.41) is 11.6. The Kier molecular flexibility index (Phi) is 7.47. The summed E-state index contributed by atoms with van der Waals surface area (Å²) < 4.78 is 33.5. The third-order valence-corrected chi connectivity index (χ3v) is 5.50. The van der Waals surface area contributed by atoms with Gasteiger partial charge in [0.2, 0.25) is 0 Å². The van der Waals surface area contributed by atoms with Gasteiger partial charge in [-0.1, -0.05) is 17.7 Å². The molecule has 0 bridgehead atoms. The van der Waals surface area contributed by atoms with Gasteiger partial charge in [0.1, 0.15) is 10.6 Å². The van der Waals surface area contributed by atoms with Crippen LogP contribution in [0.5, 0.6) is 5.75 Å². The van der Waals surface area contributed by atoms with E-state index in [0.29, 0.717) is 5.56 Å². The van der Waals surface area contributed by atoms with Gasteiger partial charge in [-0.15, -0.1) is 0 Å². The van der Waals surface area contributed by atoms with Gasteiger partial charge in [0.15, 0.2) is 0 Å². The Bertz CT molecular complexity index is 1100. The second-order valence-electron chi connectivity index (χ2n) is 6.51. The third kappa shape index (κ3) is 5.98. The molecule has 10 heteroatoms. The highest BCUT2D eigenvalue weighted by Gasteiger charge is 2.22. The largest absolute Gasteiger partial charge is 0.495 e. The molecule has 0 aliphatic rings. The highest BCUT2D eigenvalue weighted by atomic mass is 35.5. The zero-order valence-electron chi connectivity index (χ0n) is 16.5. The maximum Gasteiger partial charge on any atom is 0.328 e. The molecule has 30 heavy (non-hydrogen) atoms. The van der Waals surface area contributed by atoms with E-state index in [4.69, 9.17) is 21.4 Å². The van der Waals surface area contributed by atoms with Crippen molar-refractivity contribution in [3.8, 4) is 5.75 Å². The van der Waals surface area contributed by atoms with Crippen LogP contribution in [-0.2, 0) is 14.8 Å². The maximum absolute atomic E-state index is 13.0. The van der Waals surface area contributed by atoms with E-state index in [0.717, 1.165) is 6.08 Å². The first-order valence-corrected chi connectivity index (χ1v) is 10.6. The lowest BCUT2D eigenvalue weighted by atomic mass is 10.2. The number of rotatable bonds is 8. The maximum atomic E-state index is 13.0. The molecule has 0 radical (unpaired) electrons. The van der Waals surface area contributed by atoms with Crippen molar-refractivity contribution in [2.45, 2.75) is 24.8 Å². The van der Waals surface area contributed by atoms with Crippen LogP contribution in [0.25, 0.3) is 6.08 Å². The molecule has 0 unspecified atom stereocenters. The molecule has 2 rings (SSSR count). The van der Waals surface area contributed by atoms with Crippen molar-refractivity contribution in [3.05, 3.63) is 58.6 Å². The predicted molar refractivity (Wildman–Crippen MR) is 115 cm³/mol. The minimum atomic E-state index is -4.18. The molecule has 2 aromatic carbocycles. The number of nitrogens with one attached hydrogen (secondary N) is 2. The third-order valence-electron chi connectivity index (χ3n) is 3.79. The Balaban J connectivity index is 2.44. The molecule has 0 aliphatic heterocycles. The lowest BCUT2D eigenvalue weighted by Crippen LogP contribution is -2.30. The van der Waals surface area contributed by atoms with Gasteiger partial charge >= 0.3 is 5.97 Å². The van der Waals surface area contributed by atoms with Crippen LogP contribution in [0, 0.1) is 0 Å². The number of hydrogen-bond acceptors (Lipinski definition) is 5. The molecule has 8 nitrogen and oxygen atoms in total. The number of carbonyl (C=O) groups is 2. The van der Waals surface area contributed by atoms with Gasteiger partial charge < -0.3 is 15.2 Å². The van der Waals surface area contributed by atoms with Crippen molar-refractivity contribution >= 4 is 45.3 Å². The number of sulfonamides is 1. The molecule has 2 aromatic rings. The number of benzene rings is 2. The van der Waals surface area contributed by atoms with E-state index in [-0.39, 0.29) is 38.9 Å². The summed E-state index contributed by atoms with van der Waals surface area (Å²) in [6, 6.07) is 8.32. The van der Waals surface area contributed by atoms with Gasteiger partial charge in [0.25, 0.3) is 15.9 Å². The van der Waals surface area contributed by atoms with Crippen LogP contribution in [-0.4, -0.2) is 38.6 Å². The summed E-state index contributed by atoms with van der Waals surface area (Å²) in [6.45, 7) is 3.60. The van der Waals surface area contributed by atoms with Crippen molar-refractivity contribution < 1.29 is 27.9 Å². The molecule has 160 valence electrons. The highest BCUT2D eigenvalue weighted by molar-refractivity contribution is 7.92. The van der Waals surface area contributed by atoms with Crippen LogP contribution in [0.3, 0.4) is 0 Å². The van der Waals surface area contributed by atoms with Crippen LogP contribution < -0.4 is 14.8 Å². The molecule has 0 aromatic heterocycles. The second-order valence-corrected chi connectivity index (χ2v) is 8.57. The molecular weight excluding hydrogens is 432 g/mol. The fourth-order valence-electron chi connectivity index (χ4n) is 2.46. The zero-order valence-corrected chi connectivity index (χ0v) is 18.0. The fourth-order valence-corrected chi connectivity index (χ4v) is 3.96. The summed E-state index contributed by atoms with van der Waals surface area (Å²) in [4.78, 5) is 22.7. The zero-order chi connectivity index (χ0) is 22.5. The van der Waals surface area contributed by atoms with E-state index in [9.17, 15) is 18.0 Å². The van der Waals surface area contributed by atoms with Gasteiger partial charge in [0.05, 0.1) is 17.8 Å². The average molecular weight is 453 g/mol. The number of carboxylic acid groups (broad SMARTS) is 1. The lowest BCUT2D eigenvalue weighted by molar-refractivity contribution is -0.131. The predicted octanol–water partition coefficient (Wildman–Crippen LogP) is 3.39. The molecule has 0 saturated carbocycles. The minimum absolute atomic E-state index is 0.0154. The number of methoxy groups -OCH3 is 1. The summed E-state index contributed by atoms with van der Waals surface area (Å²) >= 11 is 6.12. The van der Waals surface area contributed by atoms with Gasteiger partial charge in [-0.2, -0.15) is 0 Å². The van der Waals surface area contributed by atoms with E-state index in [1.54, 1.807) is 13.8 Å². The fraction of sp³-hybridized carbons (Fsp3) is 0.200. The van der Waals surface area contributed by atoms with Crippen LogP contribution >= 0.6 is 11.6 Å². The van der Waals surface area contributed by atoms with Gasteiger partial charge in [-0.25, -0.2) is 13.2 Å². The normalized spacial score (nSPS) is 11.5. The Hall–Kier alpha value is -3.04. The first-order chi connectivity index (χ1) is 14.0. The molecule has 0 heterocycles. The highest BCUT2D eigenvalue weighted by Crippen LogP contribution is 2.30. The van der Waals surface area contributed by atoms with Gasteiger partial charge in [-0.3, -0.25) is 9.52 Å². The van der Waals surface area contributed by atoms with E-state index in [2.05, 4.69) is 10.0 Å². The average Bonchev–Trinajstić information content (AvgIpc) is 2.67. The van der Waals surface area contributed by atoms with E-state index >= 15 is 0 Å². The number of carbonyl (C=O) groups excluding carboxylic acids is 1. The lowest BCUT2D eigenvalue weighted by Gasteiger charge is -2.14. The molecular formula is C20H21ClN2O6S. The van der Waals surface area contributed by atoms with Crippen molar-refractivity contribution in [3.63, 3.8) is 0 Å². The summed E-state index contributed by atoms with van der Waals surface area (Å²) in [7, 11) is -2.87. The van der Waals surface area contributed by atoms with Crippen molar-refractivity contribution in [2.75, 3.05) is 11.8 Å². The molecule has 0 atom stereocenters. The molecule has 3 N–H and O–H groups in total. The molecule has 0 fully saturated rings. The standard InChI is InChI=1S/C20H21ClN2O6S/c1-12(2)22-20(26)14-6-7-15(21)16(11-14)23-30(27,28)18-10-13(5-9-19(24)25)4-8-17(18)29-3/h4-12,23H,1-3H3,(H,22,26)(H,24,25)/b9-5+. The monoisotopic (exact) mass is 452 g/mol. The quantitative estimate of drug-likeness (QED) is 0.528. The van der Waals surface area contributed by atoms with Crippen molar-refractivity contribution in [1.29, 1.82) is 0 Å². The van der Waals surface area contributed by atoms with Crippen LogP contribution in [0.15, 0.2) is 47.4 Å². The Labute approximate surface area is 179 Å². The molecule has 0 saturated heterocycles. The van der Waals surface area contributed by atoms with Gasteiger partial charge in [0, 0.05) is 17.7 Å². The second kappa shape index (κ2) is 9.64. The molecule has 1 amide bonds. The first kappa shape index (κ1) is 23.2. The number of ether oxygens (including phenoxy) is 1. The number of carboxylic acids is 1. The van der Waals surface area contributed by atoms with E-state index < -0.39 is 16.0 Å². The van der Waals surface area contributed by atoms with E-state index in [1.807, 2.05) is 0 Å². The number of amides is 1. The molecule has 0 aliphatic carbocycles. The number of hydrogen-bond donors (Lipinski definition) is 3. The number of anilines is 1. The Morgan fingerprint density at radius 2 is 1.87 bits per heavy atom. The first-order valence-electron chi connectivity index (χ1n) is 8.75. The Morgan fingerprint density at radius 3 is 2.47 bits per heavy atom.